The van der Waals surface area contributed by atoms with Crippen molar-refractivity contribution in [3.63, 3.8) is 0 Å². The summed E-state index contributed by atoms with van der Waals surface area (Å²) in [5, 5.41) is 69.9. The predicted molar refractivity (Wildman–Crippen MR) is 581 cm³/mol. The number of nitro groups is 2. The number of hydrazine groups is 1. The monoisotopic (exact) mass is 1980 g/mol. The fourth-order valence-corrected chi connectivity index (χ4v) is 16.3. The number of carbonyl (C=O) groups is 2. The van der Waals surface area contributed by atoms with Gasteiger partial charge in [0.2, 0.25) is 0 Å². The van der Waals surface area contributed by atoms with Gasteiger partial charge < -0.3 is 65.6 Å². The number of benzene rings is 11. The molecule has 0 aliphatic carbocycles. The number of aromatic hydroxyl groups is 1. The molecule has 774 valence electrons. The van der Waals surface area contributed by atoms with Crippen LogP contribution in [0.5, 0.6) is 23.0 Å². The molecule has 17 rings (SSSR count). The van der Waals surface area contributed by atoms with Gasteiger partial charge in [-0.25, -0.2) is 14.2 Å². The Morgan fingerprint density at radius 1 is 0.448 bits per heavy atom. The average molecular weight is 1980 g/mol. The Bertz CT molecular complexity index is 6410. The summed E-state index contributed by atoms with van der Waals surface area (Å²) in [6.45, 7) is 50.4. The SMILES string of the molecule is CC(C)(C)C(=O)CC#N.CCc1cc(C)ccc1-n1nc(C(C)(C)C)cc1N.CCc1cc(C)ccc1-n1nc(C(C)(C)C)cc1NC(=O)Nc1ccc(OCCN2CCOCC2)c2ccccc12.CCc1cc(C)ccc1NN.Nc1ccc(OCCN2CCOCC2)c2ccccc12.O=[N+]([O-])c1ccc(O)c2ccccc12.O=[N+]([O-])c1ccc(OCCN2CCOCC2)c2ccccc12.OCCN1CCOCC1. The molecule has 0 bridgehead atoms. The lowest BCUT2D eigenvalue weighted by Gasteiger charge is -2.26. The third-order valence-electron chi connectivity index (χ3n) is 24.8. The summed E-state index contributed by atoms with van der Waals surface area (Å²) >= 11 is 0. The van der Waals surface area contributed by atoms with Gasteiger partial charge in [-0.3, -0.25) is 55.8 Å². The number of ketones is 1. The Morgan fingerprint density at radius 2 is 0.814 bits per heavy atom. The summed E-state index contributed by atoms with van der Waals surface area (Å²) in [6.07, 6.45) is 2.88. The minimum absolute atomic E-state index is 0.00463. The number of nitrogens with one attached hydrogen (secondary N) is 3. The Kier molecular flexibility index (Phi) is 43.7. The van der Waals surface area contributed by atoms with Gasteiger partial charge in [0.1, 0.15) is 54.5 Å². The van der Waals surface area contributed by atoms with Crippen molar-refractivity contribution < 1.29 is 62.8 Å². The standard InChI is InChI=1S/C33H41N5O3.C16H23N3.C16H18N2O4.C16H20N2O2.C10H7NO3.C9H14N2.C7H11NO.C6H13NO2/c1-6-24-21-23(2)11-13-28(24)38-31(22-30(36-38)33(3,4)5)35-32(39)34-27-12-14-29(26-10-8-7-9-25(26)27)41-20-17-37-15-18-40-19-16-37;1-6-12-9-11(2)7-8-13(12)19-15(17)10-14(18-19)16(3,4)5;19-18(20)15-5-6-16(14-4-2-1-3-13(14)15)22-12-9-17-7-10-21-11-8-17;17-15-5-6-16(14-4-2-1-3-13(14)15)20-12-9-18-7-10-19-11-8-18;12-10-6-5-9(11(13)14)7-3-1-2-4-8(7)10;1-3-8-6-7(2)4-5-9(8)11-10;1-7(2,3)6(9)4-5-8;8-4-1-7-2-5-9-6-3-7/h7-14,21-22H,6,15-20H2,1-5H3,(H2,34,35,39);7-10H,6,17H2,1-5H3;1-6H,7-12H2;1-6H,7-12,17H2;1-6,12H;4-6,11H,3,10H2,1-2H3;4H2,1-3H3;8H,1-6H2. The number of hydrogen-bond acceptors (Lipinski definition) is 26. The second-order valence-electron chi connectivity index (χ2n) is 38.6. The van der Waals surface area contributed by atoms with Crippen LogP contribution in [-0.4, -0.2) is 229 Å². The minimum atomic E-state index is -0.457. The lowest BCUT2D eigenvalue weighted by molar-refractivity contribution is -0.383. The second kappa shape index (κ2) is 56.0. The van der Waals surface area contributed by atoms with Gasteiger partial charge in [-0.2, -0.15) is 15.5 Å². The predicted octanol–water partition coefficient (Wildman–Crippen LogP) is 19.9. The van der Waals surface area contributed by atoms with Gasteiger partial charge in [0.15, 0.2) is 5.78 Å². The number of aliphatic hydroxyl groups is 1. The van der Waals surface area contributed by atoms with E-state index in [0.717, 1.165) is 223 Å². The van der Waals surface area contributed by atoms with E-state index in [1.54, 1.807) is 42.5 Å². The maximum Gasteiger partial charge on any atom is 0.324 e. The summed E-state index contributed by atoms with van der Waals surface area (Å²) in [7, 11) is 0. The molecule has 6 heterocycles. The molecule has 13 aromatic rings. The number of morpholine rings is 4. The first-order valence-electron chi connectivity index (χ1n) is 49.7. The number of nitrogens with two attached hydrogens (primary N) is 3. The molecule has 4 saturated heterocycles. The van der Waals surface area contributed by atoms with Crippen LogP contribution in [0.3, 0.4) is 0 Å². The molecule has 0 radical (unpaired) electrons. The van der Waals surface area contributed by atoms with Gasteiger partial charge >= 0.3 is 6.03 Å². The number of fused-ring (bicyclic) bond motifs is 4. The Hall–Kier alpha value is -13.7. The van der Waals surface area contributed by atoms with E-state index in [0.29, 0.717) is 59.1 Å². The molecule has 0 spiro atoms. The molecular formula is C113H147N17O15. The number of nitriles is 1. The average Bonchev–Trinajstić information content (AvgIpc) is 1.59. The maximum atomic E-state index is 13.4. The number of amides is 2. The number of aryl methyl sites for hydroxylation is 6. The molecule has 0 unspecified atom stereocenters. The first kappa shape index (κ1) is 113. The molecule has 11 aromatic carbocycles. The molecular weight excluding hydrogens is 1840 g/mol. The molecule has 0 atom stereocenters. The van der Waals surface area contributed by atoms with Crippen molar-refractivity contribution in [3.05, 3.63) is 277 Å². The number of non-ortho nitro benzene ring substituents is 2. The van der Waals surface area contributed by atoms with Crippen LogP contribution in [0, 0.1) is 57.7 Å². The van der Waals surface area contributed by atoms with Crippen LogP contribution in [0.25, 0.3) is 54.5 Å². The number of nitrogens with zero attached hydrogens (tertiary/aromatic N) is 11. The van der Waals surface area contributed by atoms with E-state index in [1.165, 1.54) is 51.6 Å². The van der Waals surface area contributed by atoms with Crippen LogP contribution >= 0.6 is 0 Å². The zero-order chi connectivity index (χ0) is 105. The molecule has 0 saturated carbocycles. The third kappa shape index (κ3) is 34.0. The van der Waals surface area contributed by atoms with Crippen molar-refractivity contribution in [1.29, 1.82) is 5.26 Å². The van der Waals surface area contributed by atoms with Gasteiger partial charge in [0.05, 0.1) is 127 Å². The lowest BCUT2D eigenvalue weighted by atomic mass is 9.89. The van der Waals surface area contributed by atoms with Crippen LogP contribution < -0.4 is 47.6 Å². The van der Waals surface area contributed by atoms with E-state index in [2.05, 4.69) is 172 Å². The number of ether oxygens (including phenoxy) is 7. The first-order valence-corrected chi connectivity index (χ1v) is 49.7. The van der Waals surface area contributed by atoms with Crippen molar-refractivity contribution >= 4 is 95.0 Å². The van der Waals surface area contributed by atoms with Crippen LogP contribution in [0.2, 0.25) is 0 Å². The number of urea groups is 1. The number of nitrogen functional groups attached to an aromatic ring is 3. The number of phenolic OH excluding ortho intramolecular Hbond substituents is 1. The number of hydrogen-bond donors (Lipinski definition) is 8. The van der Waals surface area contributed by atoms with Crippen molar-refractivity contribution in [3.8, 4) is 40.4 Å². The van der Waals surface area contributed by atoms with Crippen molar-refractivity contribution in [2.75, 3.05) is 185 Å². The summed E-state index contributed by atoms with van der Waals surface area (Å²) in [4.78, 5) is 54.4. The normalized spacial score (nSPS) is 14.0. The van der Waals surface area contributed by atoms with Crippen LogP contribution in [0.15, 0.2) is 212 Å². The van der Waals surface area contributed by atoms with Gasteiger partial charge in [0, 0.05) is 157 Å². The quantitative estimate of drug-likeness (QED) is 0.0114. The van der Waals surface area contributed by atoms with E-state index < -0.39 is 4.92 Å². The van der Waals surface area contributed by atoms with Crippen molar-refractivity contribution in [1.82, 2.24) is 39.2 Å². The molecule has 11 N–H and O–H groups in total. The van der Waals surface area contributed by atoms with Crippen LogP contribution in [0.1, 0.15) is 134 Å². The molecule has 4 fully saturated rings. The summed E-state index contributed by atoms with van der Waals surface area (Å²) in [5.74, 6) is 9.11. The van der Waals surface area contributed by atoms with E-state index in [4.69, 9.17) is 65.9 Å². The maximum absolute atomic E-state index is 13.4. The third-order valence-corrected chi connectivity index (χ3v) is 24.8. The number of rotatable bonds is 25. The van der Waals surface area contributed by atoms with Gasteiger partial charge in [-0.1, -0.05) is 221 Å². The Morgan fingerprint density at radius 3 is 1.23 bits per heavy atom. The number of anilines is 5. The largest absolute Gasteiger partial charge is 0.507 e. The number of Topliss-reactive ketones (excluding diaryl/α,β-unsaturated/α-hetero) is 1. The fourth-order valence-electron chi connectivity index (χ4n) is 16.3. The summed E-state index contributed by atoms with van der Waals surface area (Å²) < 4.78 is 42.9. The smallest absolute Gasteiger partial charge is 0.324 e. The van der Waals surface area contributed by atoms with Crippen molar-refractivity contribution in [2.24, 2.45) is 11.3 Å². The van der Waals surface area contributed by atoms with Gasteiger partial charge in [-0.05, 0) is 123 Å². The number of carbonyl (C=O) groups excluding carboxylic acids is 2. The Balaban J connectivity index is 0.000000180. The van der Waals surface area contributed by atoms with Crippen LogP contribution in [-0.2, 0) is 53.8 Å². The zero-order valence-electron chi connectivity index (χ0n) is 86.9. The van der Waals surface area contributed by atoms with E-state index in [1.807, 2.05) is 139 Å². The highest BCUT2D eigenvalue weighted by atomic mass is 16.6. The van der Waals surface area contributed by atoms with Crippen molar-refractivity contribution in [2.45, 2.75) is 140 Å². The van der Waals surface area contributed by atoms with E-state index in [-0.39, 0.29) is 63.1 Å². The highest BCUT2D eigenvalue weighted by Crippen LogP contribution is 2.38. The molecule has 4 aliphatic rings. The molecule has 2 amide bonds. The lowest BCUT2D eigenvalue weighted by Crippen LogP contribution is -2.38. The topological polar surface area (TPSA) is 412 Å². The highest BCUT2D eigenvalue weighted by molar-refractivity contribution is 6.07. The summed E-state index contributed by atoms with van der Waals surface area (Å²) in [5.41, 5.74) is 28.4. The number of nitro benzene ring substituents is 2. The zero-order valence-corrected chi connectivity index (χ0v) is 86.9. The first-order chi connectivity index (χ1) is 69.5. The Labute approximate surface area is 852 Å². The highest BCUT2D eigenvalue weighted by Gasteiger charge is 2.27. The second-order valence-corrected chi connectivity index (χ2v) is 38.6. The van der Waals surface area contributed by atoms with Gasteiger partial charge in [0.25, 0.3) is 11.4 Å². The summed E-state index contributed by atoms with van der Waals surface area (Å²) in [6, 6.07) is 67.9. The number of β-amino-alcohol motifs (C(OH)–C–C–N with tert-alkyl or cyclic N) is 1. The fraction of sp³-hybridized carbons (Fsp3) is 0.407. The molecule has 4 aliphatic heterocycles. The molecule has 145 heavy (non-hydrogen) atoms. The van der Waals surface area contributed by atoms with E-state index >= 15 is 0 Å². The number of aromatic nitrogens is 4. The molecule has 32 nitrogen and oxygen atoms in total. The molecule has 32 heteroatoms. The van der Waals surface area contributed by atoms with Crippen LogP contribution in [0.4, 0.5) is 44.9 Å². The minimum Gasteiger partial charge on any atom is -0.507 e. The molecule has 2 aromatic heterocycles. The van der Waals surface area contributed by atoms with Gasteiger partial charge in [-0.15, -0.1) is 0 Å². The number of phenols is 1. The van der Waals surface area contributed by atoms with E-state index in [9.17, 15) is 34.9 Å². The number of aliphatic hydroxyl groups excluding tert-OH is 1.